The van der Waals surface area contributed by atoms with E-state index >= 15 is 0 Å². The second kappa shape index (κ2) is 36.1. The number of quaternary nitrogens is 2. The maximum Gasteiger partial charge on any atom is 0.331 e. The number of hydrogen-bond acceptors (Lipinski definition) is 11. The Kier molecular flexibility index (Phi) is 37.1. The van der Waals surface area contributed by atoms with E-state index in [0.29, 0.717) is 54.7 Å². The largest absolute Gasteiger partial charge is 0.748 e. The second-order valence-corrected chi connectivity index (χ2v) is 19.3. The predicted octanol–water partition coefficient (Wildman–Crippen LogP) is 6.74. The molecule has 0 saturated carbocycles. The Labute approximate surface area is 360 Å². The lowest BCUT2D eigenvalue weighted by atomic mass is 10.1. The molecular weight excluding hydrogens is 799 g/mol. The van der Waals surface area contributed by atoms with Crippen LogP contribution in [0.4, 0.5) is 0 Å². The van der Waals surface area contributed by atoms with Crippen molar-refractivity contribution in [1.29, 1.82) is 0 Å². The van der Waals surface area contributed by atoms with Crippen LogP contribution in [0.15, 0.2) is 36.5 Å². The number of amides is 1. The summed E-state index contributed by atoms with van der Waals surface area (Å²) in [7, 11) is 1.03. The van der Waals surface area contributed by atoms with Gasteiger partial charge in [0, 0.05) is 49.6 Å². The Hall–Kier alpha value is -2.63. The molecule has 348 valence electrons. The lowest BCUT2D eigenvalue weighted by molar-refractivity contribution is -0.890. The SMILES string of the molecule is C.CCCCCCCCCC=CC=CC(=O)N(C)CC[N+](C)(C)CCCS(=O)(=O)[O-].CCCCCCCCCOC(=O)/C=C\C(=O)OCC[N+](C)(C)CCCS(=O)(=O)[O-]. The van der Waals surface area contributed by atoms with Gasteiger partial charge in [-0.15, -0.1) is 0 Å². The van der Waals surface area contributed by atoms with Crippen molar-refractivity contribution in [2.45, 2.75) is 130 Å². The van der Waals surface area contributed by atoms with Crippen molar-refractivity contribution in [3.8, 4) is 0 Å². The smallest absolute Gasteiger partial charge is 0.331 e. The highest BCUT2D eigenvalue weighted by molar-refractivity contribution is 7.85. The molecule has 0 saturated heterocycles. The van der Waals surface area contributed by atoms with E-state index in [1.807, 2.05) is 34.3 Å². The summed E-state index contributed by atoms with van der Waals surface area (Å²) in [5, 5.41) is 0. The van der Waals surface area contributed by atoms with Crippen molar-refractivity contribution in [1.82, 2.24) is 4.90 Å². The number of esters is 2. The van der Waals surface area contributed by atoms with Gasteiger partial charge >= 0.3 is 11.9 Å². The molecule has 0 aliphatic heterocycles. The number of hydrogen-bond donors (Lipinski definition) is 0. The zero-order chi connectivity index (χ0) is 44.4. The third-order valence-electron chi connectivity index (χ3n) is 9.48. The highest BCUT2D eigenvalue weighted by Gasteiger charge is 2.18. The molecule has 0 bridgehead atoms. The Bertz CT molecular complexity index is 1410. The van der Waals surface area contributed by atoms with Crippen LogP contribution in [0.5, 0.6) is 0 Å². The van der Waals surface area contributed by atoms with Gasteiger partial charge in [0.2, 0.25) is 5.91 Å². The van der Waals surface area contributed by atoms with Crippen LogP contribution >= 0.6 is 0 Å². The Morgan fingerprint density at radius 1 is 0.559 bits per heavy atom. The lowest BCUT2D eigenvalue weighted by Gasteiger charge is -2.31. The fraction of sp³-hybridized carbons (Fsp3) is 0.791. The summed E-state index contributed by atoms with van der Waals surface area (Å²) < 4.78 is 75.0. The summed E-state index contributed by atoms with van der Waals surface area (Å²) >= 11 is 0. The molecule has 0 unspecified atom stereocenters. The molecule has 0 heterocycles. The van der Waals surface area contributed by atoms with E-state index in [4.69, 9.17) is 9.47 Å². The Morgan fingerprint density at radius 2 is 0.983 bits per heavy atom. The molecule has 0 rings (SSSR count). The van der Waals surface area contributed by atoms with Crippen LogP contribution in [0.1, 0.15) is 130 Å². The summed E-state index contributed by atoms with van der Waals surface area (Å²) in [5.41, 5.74) is 0. The number of carbonyl (C=O) groups excluding carboxylic acids is 3. The van der Waals surface area contributed by atoms with Gasteiger partial charge in [0.15, 0.2) is 0 Å². The predicted molar refractivity (Wildman–Crippen MR) is 236 cm³/mol. The molecule has 16 heteroatoms. The van der Waals surface area contributed by atoms with E-state index in [1.165, 1.54) is 70.6 Å². The van der Waals surface area contributed by atoms with Crippen molar-refractivity contribution in [2.75, 3.05) is 92.7 Å². The van der Waals surface area contributed by atoms with E-state index in [9.17, 15) is 40.3 Å². The molecule has 0 N–H and O–H groups in total. The van der Waals surface area contributed by atoms with E-state index in [0.717, 1.165) is 37.8 Å². The van der Waals surface area contributed by atoms with Crippen LogP contribution in [-0.4, -0.2) is 150 Å². The van der Waals surface area contributed by atoms with Gasteiger partial charge in [-0.25, -0.2) is 26.4 Å². The zero-order valence-corrected chi connectivity index (χ0v) is 38.6. The fourth-order valence-corrected chi connectivity index (χ4v) is 6.58. The van der Waals surface area contributed by atoms with Gasteiger partial charge in [-0.05, 0) is 19.3 Å². The molecule has 0 aromatic heterocycles. The maximum atomic E-state index is 12.1. The number of likely N-dealkylation sites (N-methyl/N-ethyl adjacent to an activating group) is 3. The summed E-state index contributed by atoms with van der Waals surface area (Å²) in [6.07, 6.45) is 28.2. The third-order valence-corrected chi connectivity index (χ3v) is 11.1. The molecule has 0 aliphatic carbocycles. The maximum absolute atomic E-state index is 12.1. The fourth-order valence-electron chi connectivity index (χ4n) is 5.61. The summed E-state index contributed by atoms with van der Waals surface area (Å²) in [5.74, 6) is -1.99. The van der Waals surface area contributed by atoms with Crippen LogP contribution in [0.3, 0.4) is 0 Å². The van der Waals surface area contributed by atoms with Gasteiger partial charge in [0.25, 0.3) is 0 Å². The number of nitrogens with zero attached hydrogens (tertiary/aromatic N) is 3. The first-order chi connectivity index (χ1) is 27.1. The van der Waals surface area contributed by atoms with Gasteiger partial charge in [-0.2, -0.15) is 0 Å². The average Bonchev–Trinajstić information content (AvgIpc) is 3.12. The number of allylic oxidation sites excluding steroid dienone is 3. The molecule has 0 radical (unpaired) electrons. The molecule has 0 fully saturated rings. The van der Waals surface area contributed by atoms with Crippen molar-refractivity contribution >= 4 is 38.1 Å². The molecule has 0 aromatic rings. The zero-order valence-electron chi connectivity index (χ0n) is 37.0. The number of ether oxygens (including phenoxy) is 2. The first kappa shape index (κ1) is 60.7. The van der Waals surface area contributed by atoms with Gasteiger partial charge in [-0.1, -0.05) is 117 Å². The lowest BCUT2D eigenvalue weighted by Crippen LogP contribution is -2.46. The quantitative estimate of drug-likeness (QED) is 0.0166. The molecular formula is C43H83N3O11S2. The minimum Gasteiger partial charge on any atom is -0.748 e. The van der Waals surface area contributed by atoms with E-state index in [1.54, 1.807) is 24.1 Å². The molecule has 59 heavy (non-hydrogen) atoms. The number of rotatable bonds is 34. The molecule has 1 amide bonds. The molecule has 0 aliphatic rings. The molecule has 0 aromatic carbocycles. The van der Waals surface area contributed by atoms with Crippen molar-refractivity contribution < 1.29 is 58.8 Å². The Morgan fingerprint density at radius 3 is 1.46 bits per heavy atom. The van der Waals surface area contributed by atoms with Crippen LogP contribution in [0, 0.1) is 0 Å². The minimum atomic E-state index is -4.21. The van der Waals surface area contributed by atoms with Crippen LogP contribution in [0.25, 0.3) is 0 Å². The summed E-state index contributed by atoms with van der Waals surface area (Å²) in [6.45, 7) is 7.66. The summed E-state index contributed by atoms with van der Waals surface area (Å²) in [4.78, 5) is 37.0. The normalized spacial score (nSPS) is 12.4. The minimum absolute atomic E-state index is 0. The van der Waals surface area contributed by atoms with Crippen LogP contribution < -0.4 is 0 Å². The van der Waals surface area contributed by atoms with Crippen LogP contribution in [-0.2, 0) is 44.1 Å². The molecule has 0 spiro atoms. The second-order valence-electron chi connectivity index (χ2n) is 16.2. The van der Waals surface area contributed by atoms with E-state index in [-0.39, 0.29) is 32.1 Å². The standard InChI is InChI=1S/C22H42N2O4S.C20H37NO7S.CH4/c1-5-6-7-8-9-10-11-12-13-14-15-17-22(25)23(2)18-20-24(3,4)19-16-21-29(26,27)28;1-4-5-6-7-8-9-10-16-27-19(22)12-13-20(23)28-17-15-21(2,3)14-11-18-29(24,25)26;/h13-15,17H,5-12,16,18-21H2,1-4H3;12-13H,4-11,14-18H2,1-3H3;1H4/b;13-12-;. The van der Waals surface area contributed by atoms with Crippen LogP contribution in [0.2, 0.25) is 0 Å². The number of carbonyl (C=O) groups is 3. The van der Waals surface area contributed by atoms with Crippen molar-refractivity contribution in [3.05, 3.63) is 36.5 Å². The Balaban J connectivity index is -0.00000105. The third kappa shape index (κ3) is 46.3. The number of unbranched alkanes of at least 4 members (excludes halogenated alkanes) is 13. The highest BCUT2D eigenvalue weighted by Crippen LogP contribution is 2.09. The topological polar surface area (TPSA) is 187 Å². The van der Waals surface area contributed by atoms with Gasteiger partial charge in [-0.3, -0.25) is 4.79 Å². The molecule has 14 nitrogen and oxygen atoms in total. The first-order valence-corrected chi connectivity index (χ1v) is 24.4. The average molecular weight is 882 g/mol. The molecule has 0 atom stereocenters. The summed E-state index contributed by atoms with van der Waals surface area (Å²) in [6, 6.07) is 0. The monoisotopic (exact) mass is 882 g/mol. The van der Waals surface area contributed by atoms with Crippen molar-refractivity contribution in [3.63, 3.8) is 0 Å². The van der Waals surface area contributed by atoms with Crippen molar-refractivity contribution in [2.24, 2.45) is 0 Å². The van der Waals surface area contributed by atoms with Gasteiger partial charge < -0.3 is 32.4 Å². The van der Waals surface area contributed by atoms with E-state index < -0.39 is 37.9 Å². The first-order valence-electron chi connectivity index (χ1n) is 21.2. The van der Waals surface area contributed by atoms with Gasteiger partial charge in [0.1, 0.15) is 13.2 Å². The van der Waals surface area contributed by atoms with E-state index in [2.05, 4.69) is 19.9 Å². The highest BCUT2D eigenvalue weighted by atomic mass is 32.2. The van der Waals surface area contributed by atoms with Gasteiger partial charge in [0.05, 0.1) is 81.2 Å².